The van der Waals surface area contributed by atoms with Crippen molar-refractivity contribution in [2.75, 3.05) is 5.75 Å². The number of benzene rings is 3. The Balaban J connectivity index is 1.51. The number of hydrogen-bond acceptors (Lipinski definition) is 6. The van der Waals surface area contributed by atoms with Crippen LogP contribution in [-0.2, 0) is 4.79 Å². The van der Waals surface area contributed by atoms with Crippen LogP contribution in [0, 0.1) is 0 Å². The summed E-state index contributed by atoms with van der Waals surface area (Å²) in [5.74, 6) is 0.370. The molecule has 0 aliphatic rings. The molecule has 172 valence electrons. The Hall–Kier alpha value is -2.85. The van der Waals surface area contributed by atoms with Gasteiger partial charge in [0.2, 0.25) is 0 Å². The van der Waals surface area contributed by atoms with Crippen molar-refractivity contribution in [3.63, 3.8) is 0 Å². The Morgan fingerprint density at radius 2 is 1.74 bits per heavy atom. The first-order valence-corrected chi connectivity index (χ1v) is 12.3. The Morgan fingerprint density at radius 3 is 2.44 bits per heavy atom. The number of hydrazone groups is 1. The molecule has 0 saturated heterocycles. The molecule has 1 amide bonds. The third kappa shape index (κ3) is 5.98. The third-order valence-electron chi connectivity index (χ3n) is 4.54. The number of hydrogen-bond donors (Lipinski definition) is 2. The van der Waals surface area contributed by atoms with Crippen molar-refractivity contribution in [2.45, 2.75) is 5.16 Å². The summed E-state index contributed by atoms with van der Waals surface area (Å²) in [6.45, 7) is 0. The van der Waals surface area contributed by atoms with Gasteiger partial charge in [-0.15, -0.1) is 10.2 Å². The van der Waals surface area contributed by atoms with E-state index in [1.54, 1.807) is 36.4 Å². The van der Waals surface area contributed by atoms with E-state index in [9.17, 15) is 9.90 Å². The zero-order valence-electron chi connectivity index (χ0n) is 17.3. The van der Waals surface area contributed by atoms with E-state index >= 15 is 0 Å². The summed E-state index contributed by atoms with van der Waals surface area (Å²) in [5, 5.41) is 24.1. The third-order valence-corrected chi connectivity index (χ3v) is 6.46. The van der Waals surface area contributed by atoms with Gasteiger partial charge in [-0.05, 0) is 66.7 Å². The van der Waals surface area contributed by atoms with Gasteiger partial charge in [0.25, 0.3) is 5.91 Å². The number of halogens is 3. The molecule has 1 heterocycles. The summed E-state index contributed by atoms with van der Waals surface area (Å²) < 4.78 is 2.63. The van der Waals surface area contributed by atoms with Crippen LogP contribution in [0.2, 0.25) is 10.0 Å². The maximum absolute atomic E-state index is 12.4. The molecular weight excluding hydrogens is 561 g/mol. The van der Waals surface area contributed by atoms with Gasteiger partial charge in [-0.1, -0.05) is 50.9 Å². The molecule has 2 N–H and O–H groups in total. The molecule has 3 aromatic carbocycles. The van der Waals surface area contributed by atoms with Crippen LogP contribution in [0.1, 0.15) is 5.56 Å². The number of phenols is 1. The van der Waals surface area contributed by atoms with Gasteiger partial charge >= 0.3 is 0 Å². The molecule has 1 aromatic heterocycles. The SMILES string of the molecule is O=C(CSc1nnc(-c2ccc(Cl)cc2)n1-c1ccc(Cl)cc1)N/N=C\c1cc(Br)ccc1O. The highest BCUT2D eigenvalue weighted by Gasteiger charge is 2.17. The van der Waals surface area contributed by atoms with Crippen molar-refractivity contribution in [3.05, 3.63) is 86.8 Å². The summed E-state index contributed by atoms with van der Waals surface area (Å²) in [6.07, 6.45) is 1.37. The number of phenolic OH excluding ortho intramolecular Hbond substituents is 1. The second-order valence-corrected chi connectivity index (χ2v) is 9.64. The number of nitrogens with one attached hydrogen (secondary N) is 1. The van der Waals surface area contributed by atoms with Gasteiger partial charge in [0.1, 0.15) is 5.75 Å². The molecule has 0 spiro atoms. The molecule has 0 bridgehead atoms. The zero-order chi connectivity index (χ0) is 24.1. The predicted octanol–water partition coefficient (Wildman–Crippen LogP) is 5.95. The molecule has 0 radical (unpaired) electrons. The van der Waals surface area contributed by atoms with Gasteiger partial charge in [0, 0.05) is 31.3 Å². The first-order valence-electron chi connectivity index (χ1n) is 9.81. The average Bonchev–Trinajstić information content (AvgIpc) is 3.25. The number of amides is 1. The van der Waals surface area contributed by atoms with Crippen molar-refractivity contribution < 1.29 is 9.90 Å². The Morgan fingerprint density at radius 1 is 1.06 bits per heavy atom. The molecule has 0 saturated carbocycles. The maximum atomic E-state index is 12.4. The van der Waals surface area contributed by atoms with E-state index in [1.807, 2.05) is 28.8 Å². The fourth-order valence-corrected chi connectivity index (χ4v) is 4.31. The molecule has 11 heteroatoms. The summed E-state index contributed by atoms with van der Waals surface area (Å²) in [4.78, 5) is 12.4. The fourth-order valence-electron chi connectivity index (χ4n) is 2.94. The van der Waals surface area contributed by atoms with Crippen LogP contribution in [0.25, 0.3) is 17.1 Å². The van der Waals surface area contributed by atoms with Crippen molar-refractivity contribution in [1.82, 2.24) is 20.2 Å². The molecule has 7 nitrogen and oxygen atoms in total. The van der Waals surface area contributed by atoms with Crippen molar-refractivity contribution in [2.24, 2.45) is 5.10 Å². The van der Waals surface area contributed by atoms with E-state index in [0.29, 0.717) is 26.6 Å². The molecule has 0 atom stereocenters. The fraction of sp³-hybridized carbons (Fsp3) is 0.0435. The molecule has 4 rings (SSSR count). The van der Waals surface area contributed by atoms with Gasteiger partial charge in [-0.25, -0.2) is 5.43 Å². The quantitative estimate of drug-likeness (QED) is 0.161. The molecular formula is C23H16BrCl2N5O2S. The van der Waals surface area contributed by atoms with Gasteiger partial charge in [0.05, 0.1) is 12.0 Å². The molecule has 0 unspecified atom stereocenters. The van der Waals surface area contributed by atoms with Crippen molar-refractivity contribution in [1.29, 1.82) is 0 Å². The Bertz CT molecular complexity index is 1340. The lowest BCUT2D eigenvalue weighted by molar-refractivity contribution is -0.118. The number of carbonyl (C=O) groups excluding carboxylic acids is 1. The maximum Gasteiger partial charge on any atom is 0.250 e. The highest BCUT2D eigenvalue weighted by molar-refractivity contribution is 9.10. The standard InChI is InChI=1S/C23H16BrCl2N5O2S/c24-16-3-10-20(32)15(11-16)12-27-28-21(33)13-34-23-30-29-22(14-1-4-17(25)5-2-14)31(23)19-8-6-18(26)7-9-19/h1-12,32H,13H2,(H,28,33)/b27-12-. The summed E-state index contributed by atoms with van der Waals surface area (Å²) in [7, 11) is 0. The number of thioether (sulfide) groups is 1. The van der Waals surface area contributed by atoms with E-state index in [2.05, 4.69) is 36.7 Å². The normalized spacial score (nSPS) is 11.1. The number of aromatic nitrogens is 3. The van der Waals surface area contributed by atoms with Crippen molar-refractivity contribution >= 4 is 63.0 Å². The van der Waals surface area contributed by atoms with E-state index < -0.39 is 0 Å². The van der Waals surface area contributed by atoms with Gasteiger partial charge in [-0.3, -0.25) is 9.36 Å². The number of aromatic hydroxyl groups is 1. The highest BCUT2D eigenvalue weighted by Crippen LogP contribution is 2.29. The lowest BCUT2D eigenvalue weighted by Crippen LogP contribution is -2.20. The number of carbonyl (C=O) groups is 1. The first kappa shape index (κ1) is 24.3. The van der Waals surface area contributed by atoms with E-state index in [0.717, 1.165) is 15.7 Å². The molecule has 0 fully saturated rings. The Labute approximate surface area is 217 Å². The largest absolute Gasteiger partial charge is 0.507 e. The van der Waals surface area contributed by atoms with Crippen molar-refractivity contribution in [3.8, 4) is 22.8 Å². The summed E-state index contributed by atoms with van der Waals surface area (Å²) >= 11 is 16.6. The van der Waals surface area contributed by atoms with Gasteiger partial charge < -0.3 is 5.11 Å². The van der Waals surface area contributed by atoms with Crippen LogP contribution in [0.4, 0.5) is 0 Å². The van der Waals surface area contributed by atoms with E-state index in [-0.39, 0.29) is 17.4 Å². The van der Waals surface area contributed by atoms with Crippen LogP contribution < -0.4 is 5.43 Å². The topological polar surface area (TPSA) is 92.4 Å². The monoisotopic (exact) mass is 575 g/mol. The van der Waals surface area contributed by atoms with E-state index in [4.69, 9.17) is 23.2 Å². The zero-order valence-corrected chi connectivity index (χ0v) is 21.2. The molecule has 0 aliphatic carbocycles. The minimum atomic E-state index is -0.338. The lowest BCUT2D eigenvalue weighted by Gasteiger charge is -2.10. The number of rotatable bonds is 7. The predicted molar refractivity (Wildman–Crippen MR) is 139 cm³/mol. The second kappa shape index (κ2) is 11.1. The summed E-state index contributed by atoms with van der Waals surface area (Å²) in [6, 6.07) is 19.4. The van der Waals surface area contributed by atoms with Gasteiger partial charge in [0.15, 0.2) is 11.0 Å². The van der Waals surface area contributed by atoms with Crippen LogP contribution in [0.15, 0.2) is 81.5 Å². The average molecular weight is 577 g/mol. The van der Waals surface area contributed by atoms with Gasteiger partial charge in [-0.2, -0.15) is 5.10 Å². The number of nitrogens with zero attached hydrogens (tertiary/aromatic N) is 4. The summed E-state index contributed by atoms with van der Waals surface area (Å²) in [5.41, 5.74) is 4.54. The minimum absolute atomic E-state index is 0.0497. The molecule has 34 heavy (non-hydrogen) atoms. The highest BCUT2D eigenvalue weighted by atomic mass is 79.9. The Kier molecular flexibility index (Phi) is 7.89. The van der Waals surface area contributed by atoms with Crippen LogP contribution in [0.3, 0.4) is 0 Å². The first-order chi connectivity index (χ1) is 16.4. The lowest BCUT2D eigenvalue weighted by atomic mass is 10.2. The van der Waals surface area contributed by atoms with Crippen LogP contribution >= 0.6 is 50.9 Å². The minimum Gasteiger partial charge on any atom is -0.507 e. The van der Waals surface area contributed by atoms with E-state index in [1.165, 1.54) is 24.0 Å². The van der Waals surface area contributed by atoms with Crippen LogP contribution in [0.5, 0.6) is 5.75 Å². The second-order valence-electron chi connectivity index (χ2n) is 6.91. The molecule has 4 aromatic rings. The smallest absolute Gasteiger partial charge is 0.250 e. The molecule has 0 aliphatic heterocycles. The van der Waals surface area contributed by atoms with Crippen LogP contribution in [-0.4, -0.2) is 37.7 Å².